The molecule has 2 nitrogen and oxygen atoms in total. The number of hydrogen-bond acceptors (Lipinski definition) is 3. The minimum Gasteiger partial charge on any atom is -0.333 e. The summed E-state index contributed by atoms with van der Waals surface area (Å²) in [6, 6.07) is 5.95. The highest BCUT2D eigenvalue weighted by atomic mass is 79.9. The van der Waals surface area contributed by atoms with Crippen LogP contribution < -0.4 is 0 Å². The van der Waals surface area contributed by atoms with E-state index in [1.165, 1.54) is 21.8 Å². The molecule has 0 bridgehead atoms. The summed E-state index contributed by atoms with van der Waals surface area (Å²) in [4.78, 5) is 16.4. The van der Waals surface area contributed by atoms with Crippen LogP contribution >= 0.6 is 38.6 Å². The first-order valence-electron chi connectivity index (χ1n) is 5.34. The highest BCUT2D eigenvalue weighted by Crippen LogP contribution is 2.28. The fraction of sp³-hybridized carbons (Fsp3) is 0.250. The Morgan fingerprint density at radius 3 is 3.00 bits per heavy atom. The molecule has 0 aliphatic carbocycles. The molecule has 0 N–H and O–H groups in total. The molecule has 88 valence electrons. The number of carbonyl (C=O) groups is 1. The summed E-state index contributed by atoms with van der Waals surface area (Å²) in [5.74, 6) is 0.151. The van der Waals surface area contributed by atoms with Crippen molar-refractivity contribution in [3.63, 3.8) is 0 Å². The second-order valence-electron chi connectivity index (χ2n) is 3.95. The molecule has 0 aromatic carbocycles. The first-order valence-corrected chi connectivity index (χ1v) is 7.83. The van der Waals surface area contributed by atoms with Gasteiger partial charge in [-0.05, 0) is 51.5 Å². The van der Waals surface area contributed by atoms with Gasteiger partial charge in [-0.1, -0.05) is 0 Å². The van der Waals surface area contributed by atoms with Gasteiger partial charge in [0.05, 0.1) is 8.66 Å². The third-order valence-electron chi connectivity index (χ3n) is 2.88. The fourth-order valence-electron chi connectivity index (χ4n) is 2.01. The van der Waals surface area contributed by atoms with Crippen molar-refractivity contribution in [3.8, 4) is 0 Å². The number of nitrogens with zero attached hydrogens (tertiary/aromatic N) is 1. The number of amides is 1. The molecule has 2 aromatic rings. The number of carbonyl (C=O) groups excluding carboxylic acids is 1. The van der Waals surface area contributed by atoms with Crippen molar-refractivity contribution in [2.24, 2.45) is 0 Å². The maximum atomic E-state index is 12.3. The van der Waals surface area contributed by atoms with Crippen LogP contribution in [0.1, 0.15) is 20.1 Å². The molecular weight excluding hydrogens is 318 g/mol. The zero-order valence-corrected chi connectivity index (χ0v) is 12.2. The van der Waals surface area contributed by atoms with E-state index in [2.05, 4.69) is 27.4 Å². The van der Waals surface area contributed by atoms with Crippen LogP contribution in [0.25, 0.3) is 0 Å². The molecule has 0 atom stereocenters. The van der Waals surface area contributed by atoms with Crippen molar-refractivity contribution in [3.05, 3.63) is 42.7 Å². The standard InChI is InChI=1S/C12H10BrNOS2/c13-11-2-1-10(17-11)12(15)14-5-3-9-8(7-14)4-6-16-9/h1-2,4,6H,3,5,7H2. The molecule has 1 aliphatic rings. The topological polar surface area (TPSA) is 20.3 Å². The molecule has 0 radical (unpaired) electrons. The van der Waals surface area contributed by atoms with Gasteiger partial charge in [0.15, 0.2) is 0 Å². The Morgan fingerprint density at radius 2 is 2.24 bits per heavy atom. The SMILES string of the molecule is O=C(c1ccc(Br)s1)N1CCc2sccc2C1. The summed E-state index contributed by atoms with van der Waals surface area (Å²) in [7, 11) is 0. The van der Waals surface area contributed by atoms with Gasteiger partial charge in [-0.15, -0.1) is 22.7 Å². The lowest BCUT2D eigenvalue weighted by atomic mass is 10.1. The molecule has 2 aromatic heterocycles. The smallest absolute Gasteiger partial charge is 0.264 e. The minimum atomic E-state index is 0.151. The Hall–Kier alpha value is -0.650. The number of thiophene rings is 2. The Kier molecular flexibility index (Phi) is 3.06. The molecule has 5 heteroatoms. The van der Waals surface area contributed by atoms with E-state index in [9.17, 15) is 4.79 Å². The lowest BCUT2D eigenvalue weighted by molar-refractivity contribution is 0.0741. The minimum absolute atomic E-state index is 0.151. The van der Waals surface area contributed by atoms with Crippen molar-refractivity contribution in [1.29, 1.82) is 0 Å². The van der Waals surface area contributed by atoms with Gasteiger partial charge in [-0.2, -0.15) is 0 Å². The van der Waals surface area contributed by atoms with Gasteiger partial charge in [0.2, 0.25) is 0 Å². The van der Waals surface area contributed by atoms with E-state index in [1.807, 2.05) is 17.0 Å². The summed E-state index contributed by atoms with van der Waals surface area (Å²) < 4.78 is 1.01. The first-order chi connectivity index (χ1) is 8.24. The van der Waals surface area contributed by atoms with E-state index < -0.39 is 0 Å². The number of rotatable bonds is 1. The molecule has 0 saturated carbocycles. The molecule has 1 aliphatic heterocycles. The van der Waals surface area contributed by atoms with Crippen LogP contribution in [0.4, 0.5) is 0 Å². The quantitative estimate of drug-likeness (QED) is 0.780. The van der Waals surface area contributed by atoms with Crippen LogP contribution in [0, 0.1) is 0 Å². The van der Waals surface area contributed by atoms with Crippen LogP contribution in [0.5, 0.6) is 0 Å². The average Bonchev–Trinajstić information content (AvgIpc) is 2.95. The van der Waals surface area contributed by atoms with Crippen LogP contribution in [-0.2, 0) is 13.0 Å². The van der Waals surface area contributed by atoms with E-state index in [4.69, 9.17) is 0 Å². The fourth-order valence-corrected chi connectivity index (χ4v) is 4.25. The zero-order chi connectivity index (χ0) is 11.8. The van der Waals surface area contributed by atoms with Crippen LogP contribution in [0.15, 0.2) is 27.4 Å². The normalized spacial score (nSPS) is 14.8. The zero-order valence-electron chi connectivity index (χ0n) is 8.98. The van der Waals surface area contributed by atoms with Crippen molar-refractivity contribution < 1.29 is 4.79 Å². The lowest BCUT2D eigenvalue weighted by Crippen LogP contribution is -2.34. The summed E-state index contributed by atoms with van der Waals surface area (Å²) in [6.45, 7) is 1.59. The van der Waals surface area contributed by atoms with Crippen molar-refractivity contribution in [1.82, 2.24) is 4.90 Å². The Labute approximate surface area is 116 Å². The van der Waals surface area contributed by atoms with Gasteiger partial charge in [0.1, 0.15) is 0 Å². The second kappa shape index (κ2) is 4.55. The molecule has 0 saturated heterocycles. The highest BCUT2D eigenvalue weighted by molar-refractivity contribution is 9.11. The molecule has 3 rings (SSSR count). The van der Waals surface area contributed by atoms with Gasteiger partial charge < -0.3 is 4.90 Å². The highest BCUT2D eigenvalue weighted by Gasteiger charge is 2.23. The predicted octanol–water partition coefficient (Wildman–Crippen LogP) is 3.77. The molecular formula is C12H10BrNOS2. The van der Waals surface area contributed by atoms with Gasteiger partial charge in [-0.25, -0.2) is 0 Å². The third kappa shape index (κ3) is 2.19. The predicted molar refractivity (Wildman–Crippen MR) is 74.8 cm³/mol. The number of fused-ring (bicyclic) bond motifs is 1. The van der Waals surface area contributed by atoms with Crippen molar-refractivity contribution in [2.75, 3.05) is 6.54 Å². The van der Waals surface area contributed by atoms with Gasteiger partial charge in [0.25, 0.3) is 5.91 Å². The maximum absolute atomic E-state index is 12.3. The van der Waals surface area contributed by atoms with Crippen molar-refractivity contribution in [2.45, 2.75) is 13.0 Å². The monoisotopic (exact) mass is 327 g/mol. The Morgan fingerprint density at radius 1 is 1.35 bits per heavy atom. The molecule has 0 unspecified atom stereocenters. The van der Waals surface area contributed by atoms with E-state index in [0.717, 1.165) is 28.2 Å². The Balaban J connectivity index is 1.81. The third-order valence-corrected chi connectivity index (χ3v) is 5.51. The molecule has 3 heterocycles. The van der Waals surface area contributed by atoms with Gasteiger partial charge >= 0.3 is 0 Å². The van der Waals surface area contributed by atoms with Crippen LogP contribution in [0.2, 0.25) is 0 Å². The van der Waals surface area contributed by atoms with E-state index in [1.54, 1.807) is 11.3 Å². The lowest BCUT2D eigenvalue weighted by Gasteiger charge is -2.26. The largest absolute Gasteiger partial charge is 0.333 e. The first kappa shape index (κ1) is 11.4. The van der Waals surface area contributed by atoms with E-state index in [-0.39, 0.29) is 5.91 Å². The summed E-state index contributed by atoms with van der Waals surface area (Å²) >= 11 is 6.69. The molecule has 0 spiro atoms. The maximum Gasteiger partial charge on any atom is 0.264 e. The Bertz CT molecular complexity index is 560. The van der Waals surface area contributed by atoms with E-state index in [0.29, 0.717) is 0 Å². The summed E-state index contributed by atoms with van der Waals surface area (Å²) in [5.41, 5.74) is 1.31. The molecule has 17 heavy (non-hydrogen) atoms. The molecule has 1 amide bonds. The number of halogens is 1. The van der Waals surface area contributed by atoms with Crippen LogP contribution in [0.3, 0.4) is 0 Å². The van der Waals surface area contributed by atoms with Gasteiger partial charge in [0, 0.05) is 18.0 Å². The summed E-state index contributed by atoms with van der Waals surface area (Å²) in [6.07, 6.45) is 0.991. The van der Waals surface area contributed by atoms with Gasteiger partial charge in [-0.3, -0.25) is 4.79 Å². The number of hydrogen-bond donors (Lipinski definition) is 0. The second-order valence-corrected chi connectivity index (χ2v) is 7.41. The average molecular weight is 328 g/mol. The van der Waals surface area contributed by atoms with Crippen LogP contribution in [-0.4, -0.2) is 17.4 Å². The van der Waals surface area contributed by atoms with Crippen molar-refractivity contribution >= 4 is 44.5 Å². The van der Waals surface area contributed by atoms with E-state index >= 15 is 0 Å². The molecule has 0 fully saturated rings. The summed E-state index contributed by atoms with van der Waals surface area (Å²) in [5, 5.41) is 2.11.